The first-order valence-corrected chi connectivity index (χ1v) is 14.5. The van der Waals surface area contributed by atoms with Gasteiger partial charge in [-0.25, -0.2) is 8.51 Å². The number of nitrogens with zero attached hydrogens (tertiary/aromatic N) is 2. The van der Waals surface area contributed by atoms with E-state index in [1.165, 1.54) is 0 Å². The Kier molecular flexibility index (Phi) is 7.16. The van der Waals surface area contributed by atoms with Crippen LogP contribution in [0.25, 0.3) is 10.8 Å². The van der Waals surface area contributed by atoms with Gasteiger partial charge >= 0.3 is 0 Å². The molecule has 0 aliphatic carbocycles. The highest BCUT2D eigenvalue weighted by atomic mass is 32.2. The number of para-hydroxylation sites is 2. The second-order valence-electron chi connectivity index (χ2n) is 10.1. The normalized spacial score (nSPS) is 18.1. The maximum absolute atomic E-state index is 14.8. The van der Waals surface area contributed by atoms with Crippen molar-refractivity contribution in [3.63, 3.8) is 0 Å². The Morgan fingerprint density at radius 3 is 2.00 bits per heavy atom. The molecule has 6 rings (SSSR count). The third-order valence-electron chi connectivity index (χ3n) is 7.52. The van der Waals surface area contributed by atoms with Crippen LogP contribution >= 0.6 is 0 Å². The summed E-state index contributed by atoms with van der Waals surface area (Å²) in [4.78, 5) is 17.2. The highest BCUT2D eigenvalue weighted by molar-refractivity contribution is 7.82. The number of hydrogen-bond acceptors (Lipinski definition) is 2. The van der Waals surface area contributed by atoms with Crippen LogP contribution in [0.4, 0.5) is 11.4 Å². The summed E-state index contributed by atoms with van der Waals surface area (Å²) in [5.74, 6) is -0.704. The van der Waals surface area contributed by atoms with Crippen LogP contribution in [0.15, 0.2) is 144 Å². The molecule has 1 heterocycles. The van der Waals surface area contributed by atoms with E-state index in [1.807, 2.05) is 114 Å². The topological polar surface area (TPSA) is 40.6 Å². The van der Waals surface area contributed by atoms with Crippen molar-refractivity contribution in [3.05, 3.63) is 151 Å². The molecule has 40 heavy (non-hydrogen) atoms. The number of anilines is 2. The summed E-state index contributed by atoms with van der Waals surface area (Å²) >= 11 is 0. The SMILES string of the molecule is C=C1CN([S@@](=O)c2ccc(C)cc2)[C@@H](c2cccc3ccccc23)[C@@H]1C(=O)N(c1ccccc1)c1ccccc1. The number of hydrogen-bond donors (Lipinski definition) is 0. The van der Waals surface area contributed by atoms with Gasteiger partial charge < -0.3 is 0 Å². The molecule has 1 aliphatic rings. The number of carbonyl (C=O) groups is 1. The van der Waals surface area contributed by atoms with Gasteiger partial charge in [0.1, 0.15) is 11.0 Å². The Hall–Kier alpha value is -4.32. The molecule has 1 aliphatic heterocycles. The van der Waals surface area contributed by atoms with Crippen molar-refractivity contribution >= 4 is 39.0 Å². The average Bonchev–Trinajstić information content (AvgIpc) is 3.34. The van der Waals surface area contributed by atoms with Crippen molar-refractivity contribution in [1.29, 1.82) is 0 Å². The van der Waals surface area contributed by atoms with Crippen molar-refractivity contribution in [2.45, 2.75) is 17.9 Å². The molecule has 5 aromatic rings. The fourth-order valence-electron chi connectivity index (χ4n) is 5.59. The lowest BCUT2D eigenvalue weighted by Gasteiger charge is -2.32. The molecule has 198 valence electrons. The molecular formula is C35H30N2O2S. The van der Waals surface area contributed by atoms with E-state index in [4.69, 9.17) is 0 Å². The Balaban J connectivity index is 1.51. The van der Waals surface area contributed by atoms with E-state index in [0.29, 0.717) is 11.4 Å². The molecule has 0 N–H and O–H groups in total. The molecule has 0 unspecified atom stereocenters. The van der Waals surface area contributed by atoms with E-state index in [-0.39, 0.29) is 5.91 Å². The molecule has 0 spiro atoms. The quantitative estimate of drug-likeness (QED) is 0.206. The van der Waals surface area contributed by atoms with Crippen LogP contribution in [0.3, 0.4) is 0 Å². The minimum Gasteiger partial charge on any atom is -0.280 e. The highest BCUT2D eigenvalue weighted by Crippen LogP contribution is 2.46. The first-order chi connectivity index (χ1) is 19.5. The van der Waals surface area contributed by atoms with Gasteiger partial charge in [-0.1, -0.05) is 103 Å². The highest BCUT2D eigenvalue weighted by Gasteiger charge is 2.47. The van der Waals surface area contributed by atoms with Gasteiger partial charge in [-0.15, -0.1) is 0 Å². The molecule has 5 heteroatoms. The lowest BCUT2D eigenvalue weighted by molar-refractivity contribution is -0.121. The maximum Gasteiger partial charge on any atom is 0.240 e. The van der Waals surface area contributed by atoms with Gasteiger partial charge in [-0.2, -0.15) is 0 Å². The molecule has 3 atom stereocenters. The summed E-state index contributed by atoms with van der Waals surface area (Å²) in [6, 6.07) is 41.0. The van der Waals surface area contributed by atoms with Crippen LogP contribution in [-0.2, 0) is 15.8 Å². The predicted octanol–water partition coefficient (Wildman–Crippen LogP) is 7.77. The lowest BCUT2D eigenvalue weighted by Crippen LogP contribution is -2.37. The Morgan fingerprint density at radius 1 is 0.775 bits per heavy atom. The van der Waals surface area contributed by atoms with Crippen LogP contribution in [-0.4, -0.2) is 21.0 Å². The van der Waals surface area contributed by atoms with Crippen LogP contribution in [0.2, 0.25) is 0 Å². The fraction of sp³-hybridized carbons (Fsp3) is 0.114. The Morgan fingerprint density at radius 2 is 1.35 bits per heavy atom. The largest absolute Gasteiger partial charge is 0.280 e. The lowest BCUT2D eigenvalue weighted by atomic mass is 9.87. The van der Waals surface area contributed by atoms with Crippen LogP contribution in [0, 0.1) is 12.8 Å². The van der Waals surface area contributed by atoms with Crippen LogP contribution in [0.5, 0.6) is 0 Å². The van der Waals surface area contributed by atoms with Crippen molar-refractivity contribution in [3.8, 4) is 0 Å². The maximum atomic E-state index is 14.8. The van der Waals surface area contributed by atoms with Crippen LogP contribution in [0.1, 0.15) is 17.2 Å². The zero-order chi connectivity index (χ0) is 27.6. The number of fused-ring (bicyclic) bond motifs is 1. The summed E-state index contributed by atoms with van der Waals surface area (Å²) in [6.07, 6.45) is 0. The van der Waals surface area contributed by atoms with Gasteiger partial charge in [0.25, 0.3) is 0 Å². The summed E-state index contributed by atoms with van der Waals surface area (Å²) in [5.41, 5.74) is 4.38. The molecule has 4 nitrogen and oxygen atoms in total. The number of carbonyl (C=O) groups excluding carboxylic acids is 1. The molecule has 1 amide bonds. The van der Waals surface area contributed by atoms with E-state index in [9.17, 15) is 9.00 Å². The van der Waals surface area contributed by atoms with Crippen molar-refractivity contribution in [1.82, 2.24) is 4.31 Å². The number of amides is 1. The summed E-state index contributed by atoms with van der Waals surface area (Å²) in [7, 11) is -1.50. The van der Waals surface area contributed by atoms with Gasteiger partial charge in [-0.3, -0.25) is 9.69 Å². The van der Waals surface area contributed by atoms with E-state index < -0.39 is 22.9 Å². The Labute approximate surface area is 237 Å². The van der Waals surface area contributed by atoms with Crippen LogP contribution < -0.4 is 4.90 Å². The van der Waals surface area contributed by atoms with Gasteiger partial charge in [0.2, 0.25) is 5.91 Å². The molecule has 0 aromatic heterocycles. The molecule has 1 fully saturated rings. The average molecular weight is 543 g/mol. The molecular weight excluding hydrogens is 512 g/mol. The smallest absolute Gasteiger partial charge is 0.240 e. The van der Waals surface area contributed by atoms with Crippen molar-refractivity contribution in [2.24, 2.45) is 5.92 Å². The van der Waals surface area contributed by atoms with E-state index in [1.54, 1.807) is 4.90 Å². The van der Waals surface area contributed by atoms with E-state index >= 15 is 0 Å². The number of rotatable bonds is 6. The van der Waals surface area contributed by atoms with Crippen molar-refractivity contribution < 1.29 is 9.00 Å². The van der Waals surface area contributed by atoms with E-state index in [2.05, 4.69) is 30.8 Å². The van der Waals surface area contributed by atoms with E-state index in [0.717, 1.165) is 38.8 Å². The predicted molar refractivity (Wildman–Crippen MR) is 164 cm³/mol. The third-order valence-corrected chi connectivity index (χ3v) is 8.98. The van der Waals surface area contributed by atoms with Gasteiger partial charge in [-0.05, 0) is 65.2 Å². The zero-order valence-electron chi connectivity index (χ0n) is 22.3. The molecule has 0 saturated carbocycles. The first-order valence-electron chi connectivity index (χ1n) is 13.4. The molecule has 1 saturated heterocycles. The standard InChI is InChI=1S/C35H30N2O2S/c1-25-20-22-30(23-21-25)40(39)36-24-26(2)33(34(36)32-19-11-13-27-12-9-10-18-31(27)32)35(38)37(28-14-5-3-6-15-28)29-16-7-4-8-17-29/h3-23,33-34H,2,24H2,1H3/t33-,34+,40+/m1/s1. The van der Waals surface area contributed by atoms with Gasteiger partial charge in [0.05, 0.1) is 16.9 Å². The van der Waals surface area contributed by atoms with Gasteiger partial charge in [0.15, 0.2) is 0 Å². The van der Waals surface area contributed by atoms with Gasteiger partial charge in [0, 0.05) is 17.9 Å². The summed E-state index contributed by atoms with van der Waals surface area (Å²) in [5, 5.41) is 2.12. The summed E-state index contributed by atoms with van der Waals surface area (Å²) in [6.45, 7) is 6.76. The zero-order valence-corrected chi connectivity index (χ0v) is 23.1. The summed E-state index contributed by atoms with van der Waals surface area (Å²) < 4.78 is 16.1. The third kappa shape index (κ3) is 4.79. The number of aryl methyl sites for hydroxylation is 1. The van der Waals surface area contributed by atoms with Crippen molar-refractivity contribution in [2.75, 3.05) is 11.4 Å². The monoisotopic (exact) mass is 542 g/mol. The molecule has 0 radical (unpaired) electrons. The molecule has 0 bridgehead atoms. The second-order valence-corrected chi connectivity index (χ2v) is 11.6. The second kappa shape index (κ2) is 11.0. The Bertz CT molecular complexity index is 1660. The minimum atomic E-state index is -1.50. The minimum absolute atomic E-state index is 0.0938. The first kappa shape index (κ1) is 25.9. The number of benzene rings is 5. The fourth-order valence-corrected chi connectivity index (χ4v) is 6.95. The molecule has 5 aromatic carbocycles.